The summed E-state index contributed by atoms with van der Waals surface area (Å²) in [6.07, 6.45) is 1.61. The summed E-state index contributed by atoms with van der Waals surface area (Å²) in [7, 11) is 1.60. The van der Waals surface area contributed by atoms with Gasteiger partial charge in [-0.15, -0.1) is 0 Å². The normalized spacial score (nSPS) is 20.9. The molecule has 180 valence electrons. The van der Waals surface area contributed by atoms with E-state index in [1.165, 1.54) is 5.56 Å². The maximum absolute atomic E-state index is 13.9. The zero-order valence-electron chi connectivity index (χ0n) is 19.8. The lowest BCUT2D eigenvalue weighted by Crippen LogP contribution is -2.53. The monoisotopic (exact) mass is 470 g/mol. The van der Waals surface area contributed by atoms with Crippen LogP contribution in [0.4, 0.5) is 0 Å². The molecule has 0 bridgehead atoms. The topological polar surface area (TPSA) is 70.1 Å². The van der Waals surface area contributed by atoms with Gasteiger partial charge in [-0.3, -0.25) is 14.5 Å². The summed E-state index contributed by atoms with van der Waals surface area (Å²) in [5.41, 5.74) is 3.17. The van der Waals surface area contributed by atoms with E-state index >= 15 is 0 Å². The SMILES string of the molecule is COc1ccc([C@H]2[C@H](C(=O)O)c3ccccc3C(=O)N2C2CCN(Cc3ccccc3)CC2)cc1. The number of carbonyl (C=O) groups is 2. The standard InChI is InChI=1S/C29H30N2O4/c1-35-23-13-11-21(12-14-23)27-26(29(33)34)24-9-5-6-10-25(24)28(32)31(27)22-15-17-30(18-16-22)19-20-7-3-2-4-8-20/h2-14,22,26-27H,15-19H2,1H3,(H,33,34)/t26-,27+/m1/s1. The van der Waals surface area contributed by atoms with Crippen molar-refractivity contribution >= 4 is 11.9 Å². The molecular weight excluding hydrogens is 440 g/mol. The number of likely N-dealkylation sites (tertiary alicyclic amines) is 1. The first kappa shape index (κ1) is 23.1. The van der Waals surface area contributed by atoms with Crippen LogP contribution in [0, 0.1) is 0 Å². The van der Waals surface area contributed by atoms with Gasteiger partial charge >= 0.3 is 5.97 Å². The van der Waals surface area contributed by atoms with Crippen molar-refractivity contribution in [3.05, 3.63) is 101 Å². The second kappa shape index (κ2) is 9.92. The van der Waals surface area contributed by atoms with Gasteiger partial charge in [-0.2, -0.15) is 0 Å². The Hall–Kier alpha value is -3.64. The molecule has 1 N–H and O–H groups in total. The minimum absolute atomic E-state index is 0.0307. The number of aliphatic carboxylic acids is 1. The molecule has 2 atom stereocenters. The van der Waals surface area contributed by atoms with Crippen LogP contribution in [-0.4, -0.2) is 53.0 Å². The van der Waals surface area contributed by atoms with Gasteiger partial charge in [0.1, 0.15) is 11.7 Å². The molecule has 2 aliphatic rings. The average Bonchev–Trinajstić information content (AvgIpc) is 2.90. The van der Waals surface area contributed by atoms with Crippen molar-refractivity contribution in [2.24, 2.45) is 0 Å². The molecule has 0 saturated carbocycles. The molecule has 3 aromatic rings. The number of hydrogen-bond donors (Lipinski definition) is 1. The van der Waals surface area contributed by atoms with E-state index in [4.69, 9.17) is 4.74 Å². The zero-order chi connectivity index (χ0) is 24.4. The average molecular weight is 471 g/mol. The molecule has 35 heavy (non-hydrogen) atoms. The predicted octanol–water partition coefficient (Wildman–Crippen LogP) is 4.73. The van der Waals surface area contributed by atoms with Gasteiger partial charge in [0.15, 0.2) is 0 Å². The van der Waals surface area contributed by atoms with E-state index in [2.05, 4.69) is 29.2 Å². The number of fused-ring (bicyclic) bond motifs is 1. The molecule has 1 fully saturated rings. The maximum Gasteiger partial charge on any atom is 0.313 e. The van der Waals surface area contributed by atoms with Crippen LogP contribution in [0.2, 0.25) is 0 Å². The maximum atomic E-state index is 13.9. The Labute approximate surface area is 205 Å². The van der Waals surface area contributed by atoms with Crippen LogP contribution in [0.1, 0.15) is 51.8 Å². The van der Waals surface area contributed by atoms with E-state index in [0.29, 0.717) is 16.9 Å². The van der Waals surface area contributed by atoms with Crippen molar-refractivity contribution in [2.75, 3.05) is 20.2 Å². The second-order valence-corrected chi connectivity index (χ2v) is 9.33. The number of rotatable bonds is 6. The van der Waals surface area contributed by atoms with Crippen LogP contribution in [-0.2, 0) is 11.3 Å². The number of piperidine rings is 1. The number of amides is 1. The summed E-state index contributed by atoms with van der Waals surface area (Å²) < 4.78 is 5.31. The molecule has 0 spiro atoms. The van der Waals surface area contributed by atoms with Gasteiger partial charge in [-0.1, -0.05) is 60.7 Å². The molecule has 0 aromatic heterocycles. The summed E-state index contributed by atoms with van der Waals surface area (Å²) in [4.78, 5) is 30.8. The van der Waals surface area contributed by atoms with Gasteiger partial charge in [-0.05, 0) is 47.7 Å². The summed E-state index contributed by atoms with van der Waals surface area (Å²) >= 11 is 0. The number of carbonyl (C=O) groups excluding carboxylic acids is 1. The highest BCUT2D eigenvalue weighted by Crippen LogP contribution is 2.45. The molecule has 1 amide bonds. The van der Waals surface area contributed by atoms with Crippen LogP contribution in [0.25, 0.3) is 0 Å². The molecule has 1 saturated heterocycles. The number of hydrogen-bond acceptors (Lipinski definition) is 4. The molecule has 5 rings (SSSR count). The largest absolute Gasteiger partial charge is 0.497 e. The van der Waals surface area contributed by atoms with Gasteiger partial charge in [0.2, 0.25) is 0 Å². The Kier molecular flexibility index (Phi) is 6.55. The Morgan fingerprint density at radius 1 is 0.943 bits per heavy atom. The fourth-order valence-electron chi connectivity index (χ4n) is 5.57. The van der Waals surface area contributed by atoms with Gasteiger partial charge < -0.3 is 14.7 Å². The molecule has 3 aromatic carbocycles. The second-order valence-electron chi connectivity index (χ2n) is 9.33. The van der Waals surface area contributed by atoms with Gasteiger partial charge in [0.25, 0.3) is 5.91 Å². The molecule has 0 radical (unpaired) electrons. The molecular formula is C29H30N2O4. The fraction of sp³-hybridized carbons (Fsp3) is 0.310. The quantitative estimate of drug-likeness (QED) is 0.564. The zero-order valence-corrected chi connectivity index (χ0v) is 19.8. The first-order valence-electron chi connectivity index (χ1n) is 12.1. The number of nitrogens with zero attached hydrogens (tertiary/aromatic N) is 2. The van der Waals surface area contributed by atoms with Crippen LogP contribution in [0.15, 0.2) is 78.9 Å². The van der Waals surface area contributed by atoms with Crippen LogP contribution in [0.3, 0.4) is 0 Å². The Bertz CT molecular complexity index is 1190. The molecule has 6 nitrogen and oxygen atoms in total. The van der Waals surface area contributed by atoms with E-state index < -0.39 is 17.9 Å². The lowest BCUT2D eigenvalue weighted by atomic mass is 9.78. The van der Waals surface area contributed by atoms with E-state index in [1.54, 1.807) is 19.2 Å². The third-order valence-electron chi connectivity index (χ3n) is 7.30. The van der Waals surface area contributed by atoms with Crippen molar-refractivity contribution in [1.82, 2.24) is 9.80 Å². The Balaban J connectivity index is 1.47. The third kappa shape index (κ3) is 4.54. The summed E-state index contributed by atoms with van der Waals surface area (Å²) in [6.45, 7) is 2.60. The minimum Gasteiger partial charge on any atom is -0.497 e. The van der Waals surface area contributed by atoms with Gasteiger partial charge in [0, 0.05) is 31.2 Å². The molecule has 2 aliphatic heterocycles. The summed E-state index contributed by atoms with van der Waals surface area (Å²) in [6, 6.07) is 24.4. The van der Waals surface area contributed by atoms with Crippen LogP contribution < -0.4 is 4.74 Å². The number of carboxylic acid groups (broad SMARTS) is 1. The van der Waals surface area contributed by atoms with Crippen molar-refractivity contribution in [3.63, 3.8) is 0 Å². The highest BCUT2D eigenvalue weighted by atomic mass is 16.5. The minimum atomic E-state index is -0.919. The number of benzene rings is 3. The van der Waals surface area contributed by atoms with Crippen molar-refractivity contribution in [3.8, 4) is 5.75 Å². The van der Waals surface area contributed by atoms with E-state index in [9.17, 15) is 14.7 Å². The van der Waals surface area contributed by atoms with Crippen molar-refractivity contribution in [1.29, 1.82) is 0 Å². The third-order valence-corrected chi connectivity index (χ3v) is 7.30. The van der Waals surface area contributed by atoms with Crippen LogP contribution in [0.5, 0.6) is 5.75 Å². The lowest BCUT2D eigenvalue weighted by molar-refractivity contribution is -0.141. The molecule has 0 unspecified atom stereocenters. The molecule has 0 aliphatic carbocycles. The first-order valence-corrected chi connectivity index (χ1v) is 12.1. The number of carboxylic acids is 1. The van der Waals surface area contributed by atoms with Gasteiger partial charge in [0.05, 0.1) is 13.2 Å². The molecule has 6 heteroatoms. The Morgan fingerprint density at radius 2 is 1.60 bits per heavy atom. The predicted molar refractivity (Wildman–Crippen MR) is 133 cm³/mol. The van der Waals surface area contributed by atoms with E-state index in [-0.39, 0.29) is 11.9 Å². The highest BCUT2D eigenvalue weighted by Gasteiger charge is 2.47. The van der Waals surface area contributed by atoms with Gasteiger partial charge in [-0.25, -0.2) is 0 Å². The van der Waals surface area contributed by atoms with E-state index in [1.807, 2.05) is 47.4 Å². The van der Waals surface area contributed by atoms with Crippen LogP contribution >= 0.6 is 0 Å². The fourth-order valence-corrected chi connectivity index (χ4v) is 5.57. The molecule has 2 heterocycles. The number of methoxy groups -OCH3 is 1. The van der Waals surface area contributed by atoms with Crippen molar-refractivity contribution in [2.45, 2.75) is 37.4 Å². The first-order chi connectivity index (χ1) is 17.1. The summed E-state index contributed by atoms with van der Waals surface area (Å²) in [5.74, 6) is -1.14. The smallest absolute Gasteiger partial charge is 0.313 e. The highest BCUT2D eigenvalue weighted by molar-refractivity contribution is 6.00. The Morgan fingerprint density at radius 3 is 2.26 bits per heavy atom. The summed E-state index contributed by atoms with van der Waals surface area (Å²) in [5, 5.41) is 10.4. The van der Waals surface area contributed by atoms with E-state index in [0.717, 1.165) is 38.0 Å². The van der Waals surface area contributed by atoms with Crippen molar-refractivity contribution < 1.29 is 19.4 Å². The number of ether oxygens (including phenoxy) is 1. The lowest BCUT2D eigenvalue weighted by Gasteiger charge is -2.47.